The molecule has 1 aromatic rings. The van der Waals surface area contributed by atoms with E-state index in [2.05, 4.69) is 27.4 Å². The van der Waals surface area contributed by atoms with Crippen LogP contribution in [0.2, 0.25) is 0 Å². The van der Waals surface area contributed by atoms with Crippen LogP contribution in [-0.2, 0) is 4.79 Å². The van der Waals surface area contributed by atoms with Gasteiger partial charge in [0.2, 0.25) is 11.1 Å². The highest BCUT2D eigenvalue weighted by Crippen LogP contribution is 2.14. The molecule has 1 heterocycles. The smallest absolute Gasteiger partial charge is 0.234 e. The van der Waals surface area contributed by atoms with Crippen molar-refractivity contribution in [3.63, 3.8) is 0 Å². The second kappa shape index (κ2) is 7.29. The Morgan fingerprint density at radius 3 is 2.94 bits per heavy atom. The number of primary amides is 1. The summed E-state index contributed by atoms with van der Waals surface area (Å²) in [5.74, 6) is 1.26. The largest absolute Gasteiger partial charge is 0.368 e. The van der Waals surface area contributed by atoms with Crippen LogP contribution in [-0.4, -0.2) is 39.4 Å². The van der Waals surface area contributed by atoms with E-state index in [1.54, 1.807) is 0 Å². The van der Waals surface area contributed by atoms with Crippen LogP contribution >= 0.6 is 11.8 Å². The van der Waals surface area contributed by atoms with Crippen molar-refractivity contribution in [3.8, 4) is 0 Å². The van der Waals surface area contributed by atoms with Crippen molar-refractivity contribution >= 4 is 17.7 Å². The summed E-state index contributed by atoms with van der Waals surface area (Å²) in [7, 11) is 0. The molecule has 0 bridgehead atoms. The zero-order valence-corrected chi connectivity index (χ0v) is 11.0. The molecule has 0 saturated heterocycles. The molecule has 0 aliphatic carbocycles. The maximum absolute atomic E-state index is 11.2. The van der Waals surface area contributed by atoms with Crippen LogP contribution in [0.4, 0.5) is 0 Å². The Bertz CT molecular complexity index is 354. The number of rotatable bonds is 8. The van der Waals surface area contributed by atoms with Crippen molar-refractivity contribution < 1.29 is 4.79 Å². The van der Waals surface area contributed by atoms with Gasteiger partial charge in [0.1, 0.15) is 5.82 Å². The molecule has 0 aromatic carbocycles. The van der Waals surface area contributed by atoms with E-state index in [4.69, 9.17) is 5.73 Å². The quantitative estimate of drug-likeness (QED) is 0.587. The molecule has 17 heavy (non-hydrogen) atoms. The van der Waals surface area contributed by atoms with Crippen molar-refractivity contribution in [2.75, 3.05) is 12.3 Å². The van der Waals surface area contributed by atoms with E-state index in [1.165, 1.54) is 11.8 Å². The van der Waals surface area contributed by atoms with Crippen LogP contribution in [0.25, 0.3) is 0 Å². The van der Waals surface area contributed by atoms with Crippen molar-refractivity contribution in [1.82, 2.24) is 20.5 Å². The number of thioether (sulfide) groups is 1. The third-order valence-electron chi connectivity index (χ3n) is 2.20. The van der Waals surface area contributed by atoms with Gasteiger partial charge in [0.15, 0.2) is 0 Å². The molecule has 1 unspecified atom stereocenters. The number of aromatic nitrogens is 3. The lowest BCUT2D eigenvalue weighted by molar-refractivity contribution is -0.120. The number of carbonyl (C=O) groups is 1. The van der Waals surface area contributed by atoms with Gasteiger partial charge in [-0.15, -0.1) is 5.10 Å². The first-order valence-corrected chi connectivity index (χ1v) is 6.66. The number of nitrogens with one attached hydrogen (secondary N) is 2. The Labute approximate surface area is 105 Å². The molecule has 1 atom stereocenters. The Hall–Kier alpha value is -1.08. The number of hydrogen-bond donors (Lipinski definition) is 3. The average Bonchev–Trinajstić information content (AvgIpc) is 2.68. The number of nitrogens with two attached hydrogens (primary N) is 1. The Balaban J connectivity index is 2.29. The summed E-state index contributed by atoms with van der Waals surface area (Å²) >= 11 is 1.52. The maximum atomic E-state index is 11.2. The predicted octanol–water partition coefficient (Wildman–Crippen LogP) is 0.449. The molecule has 0 aliphatic rings. The lowest BCUT2D eigenvalue weighted by Crippen LogP contribution is -2.41. The number of nitrogens with zero attached hydrogens (tertiary/aromatic N) is 2. The number of H-pyrrole nitrogens is 1. The van der Waals surface area contributed by atoms with Crippen molar-refractivity contribution in [2.45, 2.75) is 37.9 Å². The molecule has 0 aliphatic heterocycles. The summed E-state index contributed by atoms with van der Waals surface area (Å²) in [6.45, 7) is 4.71. The van der Waals surface area contributed by atoms with Crippen molar-refractivity contribution in [3.05, 3.63) is 5.82 Å². The van der Waals surface area contributed by atoms with Gasteiger partial charge in [-0.2, -0.15) is 0 Å². The van der Waals surface area contributed by atoms with Gasteiger partial charge in [-0.3, -0.25) is 9.89 Å². The highest BCUT2D eigenvalue weighted by Gasteiger charge is 2.14. The fourth-order valence-electron chi connectivity index (χ4n) is 1.32. The van der Waals surface area contributed by atoms with Crippen molar-refractivity contribution in [2.24, 2.45) is 5.73 Å². The van der Waals surface area contributed by atoms with E-state index in [9.17, 15) is 4.79 Å². The Morgan fingerprint density at radius 2 is 2.41 bits per heavy atom. The normalized spacial score (nSPS) is 12.6. The van der Waals surface area contributed by atoms with Crippen LogP contribution in [0.5, 0.6) is 0 Å². The van der Waals surface area contributed by atoms with Gasteiger partial charge in [0.05, 0.1) is 6.04 Å². The predicted molar refractivity (Wildman–Crippen MR) is 67.7 cm³/mol. The van der Waals surface area contributed by atoms with E-state index >= 15 is 0 Å². The molecule has 0 saturated carbocycles. The van der Waals surface area contributed by atoms with Crippen LogP contribution in [0.3, 0.4) is 0 Å². The number of aromatic amines is 1. The molecule has 1 amide bonds. The molecule has 0 fully saturated rings. The number of aryl methyl sites for hydroxylation is 1. The van der Waals surface area contributed by atoms with Crippen LogP contribution in [0, 0.1) is 6.92 Å². The monoisotopic (exact) mass is 257 g/mol. The topological polar surface area (TPSA) is 96.7 Å². The molecular weight excluding hydrogens is 238 g/mol. The summed E-state index contributed by atoms with van der Waals surface area (Å²) in [5.41, 5.74) is 5.31. The minimum absolute atomic E-state index is 0.262. The lowest BCUT2D eigenvalue weighted by atomic mass is 10.2. The third-order valence-corrected chi connectivity index (χ3v) is 3.08. The first-order chi connectivity index (χ1) is 8.13. The third kappa shape index (κ3) is 5.18. The molecule has 0 spiro atoms. The first kappa shape index (κ1) is 14.0. The average molecular weight is 257 g/mol. The van der Waals surface area contributed by atoms with E-state index < -0.39 is 0 Å². The van der Waals surface area contributed by atoms with Gasteiger partial charge in [0, 0.05) is 5.75 Å². The molecule has 7 heteroatoms. The summed E-state index contributed by atoms with van der Waals surface area (Å²) < 4.78 is 0. The van der Waals surface area contributed by atoms with Crippen LogP contribution in [0.1, 0.15) is 25.6 Å². The summed E-state index contributed by atoms with van der Waals surface area (Å²) in [4.78, 5) is 15.3. The fourth-order valence-corrected chi connectivity index (χ4v) is 2.17. The van der Waals surface area contributed by atoms with Gasteiger partial charge in [-0.25, -0.2) is 4.98 Å². The van der Waals surface area contributed by atoms with Gasteiger partial charge in [0.25, 0.3) is 0 Å². The number of amides is 1. The zero-order chi connectivity index (χ0) is 12.7. The van der Waals surface area contributed by atoms with Gasteiger partial charge >= 0.3 is 0 Å². The fraction of sp³-hybridized carbons (Fsp3) is 0.700. The summed E-state index contributed by atoms with van der Waals surface area (Å²) in [6, 6.07) is -0.262. The molecular formula is C10H19N5OS. The van der Waals surface area contributed by atoms with E-state index in [0.717, 1.165) is 24.5 Å². The minimum atomic E-state index is -0.301. The molecule has 1 rings (SSSR count). The SMILES string of the molecule is CCCNC(CCSc1n[nH]c(C)n1)C(N)=O. The zero-order valence-electron chi connectivity index (χ0n) is 10.2. The second-order valence-electron chi connectivity index (χ2n) is 3.75. The summed E-state index contributed by atoms with van der Waals surface area (Å²) in [5, 5.41) is 10.6. The molecule has 4 N–H and O–H groups in total. The van der Waals surface area contributed by atoms with E-state index in [1.807, 2.05) is 6.92 Å². The molecule has 6 nitrogen and oxygen atoms in total. The lowest BCUT2D eigenvalue weighted by Gasteiger charge is -2.13. The van der Waals surface area contributed by atoms with Crippen LogP contribution < -0.4 is 11.1 Å². The highest BCUT2D eigenvalue weighted by molar-refractivity contribution is 7.99. The van der Waals surface area contributed by atoms with E-state index in [-0.39, 0.29) is 11.9 Å². The Morgan fingerprint density at radius 1 is 1.65 bits per heavy atom. The van der Waals surface area contributed by atoms with Gasteiger partial charge in [-0.05, 0) is 26.3 Å². The molecule has 0 radical (unpaired) electrons. The Kier molecular flexibility index (Phi) is 5.99. The maximum Gasteiger partial charge on any atom is 0.234 e. The minimum Gasteiger partial charge on any atom is -0.368 e. The molecule has 96 valence electrons. The molecule has 1 aromatic heterocycles. The van der Waals surface area contributed by atoms with Gasteiger partial charge in [-0.1, -0.05) is 18.7 Å². The van der Waals surface area contributed by atoms with Crippen molar-refractivity contribution in [1.29, 1.82) is 0 Å². The number of hydrogen-bond acceptors (Lipinski definition) is 5. The standard InChI is InChI=1S/C10H19N5OS/c1-3-5-12-8(9(11)16)4-6-17-10-13-7(2)14-15-10/h8,12H,3-6H2,1-2H3,(H2,11,16)(H,13,14,15). The first-order valence-electron chi connectivity index (χ1n) is 5.68. The summed E-state index contributed by atoms with van der Waals surface area (Å²) in [6.07, 6.45) is 1.67. The highest BCUT2D eigenvalue weighted by atomic mass is 32.2. The van der Waals surface area contributed by atoms with E-state index in [0.29, 0.717) is 11.6 Å². The van der Waals surface area contributed by atoms with Gasteiger partial charge < -0.3 is 11.1 Å². The number of carbonyl (C=O) groups excluding carboxylic acids is 1. The van der Waals surface area contributed by atoms with Crippen LogP contribution in [0.15, 0.2) is 5.16 Å². The second-order valence-corrected chi connectivity index (χ2v) is 4.81.